The predicted octanol–water partition coefficient (Wildman–Crippen LogP) is 3.38. The van der Waals surface area contributed by atoms with Gasteiger partial charge in [-0.15, -0.1) is 11.3 Å². The molecule has 0 saturated heterocycles. The summed E-state index contributed by atoms with van der Waals surface area (Å²) in [7, 11) is 0. The molecule has 4 heteroatoms. The molecule has 1 N–H and O–H groups in total. The first-order valence-corrected chi connectivity index (χ1v) is 5.77. The van der Waals surface area contributed by atoms with Crippen LogP contribution in [0.2, 0.25) is 0 Å². The van der Waals surface area contributed by atoms with Crippen LogP contribution >= 0.6 is 11.3 Å². The molecule has 0 aliphatic rings. The molecule has 1 heterocycles. The van der Waals surface area contributed by atoms with Gasteiger partial charge in [-0.2, -0.15) is 5.26 Å². The van der Waals surface area contributed by atoms with Gasteiger partial charge in [0.2, 0.25) is 0 Å². The van der Waals surface area contributed by atoms with E-state index in [2.05, 4.69) is 16.4 Å². The zero-order valence-corrected chi connectivity index (χ0v) is 9.93. The molecule has 0 aliphatic carbocycles. The molecule has 0 unspecified atom stereocenters. The summed E-state index contributed by atoms with van der Waals surface area (Å²) in [5.74, 6) is 0. The maximum atomic E-state index is 9.02. The Balaban J connectivity index is 2.38. The van der Waals surface area contributed by atoms with Gasteiger partial charge in [-0.05, 0) is 25.5 Å². The first kappa shape index (κ1) is 10.7. The fourth-order valence-corrected chi connectivity index (χ4v) is 2.14. The number of hydrogen-bond acceptors (Lipinski definition) is 4. The average molecular weight is 229 g/mol. The number of nitrogens with one attached hydrogen (secondary N) is 1. The van der Waals surface area contributed by atoms with Crippen LogP contribution in [-0.2, 0) is 0 Å². The molecule has 0 atom stereocenters. The number of anilines is 2. The van der Waals surface area contributed by atoms with Crippen molar-refractivity contribution in [2.24, 2.45) is 0 Å². The van der Waals surface area contributed by atoms with Gasteiger partial charge in [0.25, 0.3) is 0 Å². The van der Waals surface area contributed by atoms with Gasteiger partial charge in [0, 0.05) is 5.38 Å². The normalized spacial score (nSPS) is 9.81. The summed E-state index contributed by atoms with van der Waals surface area (Å²) in [6, 6.07) is 7.84. The number of aromatic nitrogens is 1. The number of para-hydroxylation sites is 1. The number of rotatable bonds is 2. The van der Waals surface area contributed by atoms with Crippen molar-refractivity contribution in [3.63, 3.8) is 0 Å². The second-order valence-corrected chi connectivity index (χ2v) is 4.39. The molecule has 0 amide bonds. The van der Waals surface area contributed by atoms with Crippen LogP contribution < -0.4 is 5.32 Å². The van der Waals surface area contributed by atoms with E-state index in [4.69, 9.17) is 5.26 Å². The molecule has 0 spiro atoms. The van der Waals surface area contributed by atoms with E-state index in [1.807, 2.05) is 31.4 Å². The van der Waals surface area contributed by atoms with Gasteiger partial charge in [0.15, 0.2) is 5.13 Å². The van der Waals surface area contributed by atoms with Crippen molar-refractivity contribution in [2.45, 2.75) is 13.8 Å². The lowest BCUT2D eigenvalue weighted by Gasteiger charge is -2.08. The van der Waals surface area contributed by atoms with Crippen molar-refractivity contribution in [1.29, 1.82) is 5.26 Å². The molecule has 0 fully saturated rings. The molecule has 2 rings (SSSR count). The topological polar surface area (TPSA) is 48.7 Å². The van der Waals surface area contributed by atoms with Crippen molar-refractivity contribution in [3.05, 3.63) is 40.4 Å². The Bertz CT molecular complexity index is 552. The lowest BCUT2D eigenvalue weighted by molar-refractivity contribution is 1.25. The van der Waals surface area contributed by atoms with Crippen LogP contribution in [-0.4, -0.2) is 4.98 Å². The van der Waals surface area contributed by atoms with Crippen LogP contribution in [0.1, 0.15) is 16.8 Å². The number of benzene rings is 1. The number of thiazole rings is 1. The lowest BCUT2D eigenvalue weighted by atomic mass is 10.1. The third-order valence-electron chi connectivity index (χ3n) is 2.24. The zero-order valence-electron chi connectivity index (χ0n) is 9.11. The van der Waals surface area contributed by atoms with E-state index in [1.165, 1.54) is 0 Å². The summed E-state index contributed by atoms with van der Waals surface area (Å²) in [5.41, 5.74) is 3.53. The quantitative estimate of drug-likeness (QED) is 0.858. The summed E-state index contributed by atoms with van der Waals surface area (Å²) < 4.78 is 0. The predicted molar refractivity (Wildman–Crippen MR) is 66.0 cm³/mol. The van der Waals surface area contributed by atoms with Gasteiger partial charge in [0.1, 0.15) is 6.07 Å². The van der Waals surface area contributed by atoms with Crippen LogP contribution in [0.25, 0.3) is 0 Å². The summed E-state index contributed by atoms with van der Waals surface area (Å²) in [4.78, 5) is 4.32. The van der Waals surface area contributed by atoms with E-state index in [1.54, 1.807) is 17.4 Å². The minimum Gasteiger partial charge on any atom is -0.330 e. The molecule has 0 saturated carbocycles. The van der Waals surface area contributed by atoms with Crippen molar-refractivity contribution >= 4 is 22.2 Å². The molecular formula is C12H11N3S. The van der Waals surface area contributed by atoms with Crippen LogP contribution in [0.5, 0.6) is 0 Å². The van der Waals surface area contributed by atoms with E-state index in [0.717, 1.165) is 22.1 Å². The number of nitrogens with zero attached hydrogens (tertiary/aromatic N) is 2. The highest BCUT2D eigenvalue weighted by Crippen LogP contribution is 2.26. The monoisotopic (exact) mass is 229 g/mol. The lowest BCUT2D eigenvalue weighted by Crippen LogP contribution is -1.95. The minimum atomic E-state index is 0.646. The highest BCUT2D eigenvalue weighted by atomic mass is 32.1. The van der Waals surface area contributed by atoms with Gasteiger partial charge in [0.05, 0.1) is 16.9 Å². The van der Waals surface area contributed by atoms with Crippen LogP contribution in [0.4, 0.5) is 10.8 Å². The van der Waals surface area contributed by atoms with E-state index in [-0.39, 0.29) is 0 Å². The first-order chi connectivity index (χ1) is 7.70. The van der Waals surface area contributed by atoms with Gasteiger partial charge >= 0.3 is 0 Å². The average Bonchev–Trinajstić information content (AvgIpc) is 2.67. The highest BCUT2D eigenvalue weighted by Gasteiger charge is 2.06. The minimum absolute atomic E-state index is 0.646. The molecule has 0 radical (unpaired) electrons. The summed E-state index contributed by atoms with van der Waals surface area (Å²) in [6.45, 7) is 3.92. The Hall–Kier alpha value is -1.86. The van der Waals surface area contributed by atoms with Gasteiger partial charge in [-0.1, -0.05) is 12.1 Å². The molecule has 80 valence electrons. The fraction of sp³-hybridized carbons (Fsp3) is 0.167. The number of nitriles is 1. The third kappa shape index (κ3) is 2.05. The molecule has 1 aromatic carbocycles. The largest absolute Gasteiger partial charge is 0.330 e. The van der Waals surface area contributed by atoms with Gasteiger partial charge in [-0.25, -0.2) is 4.98 Å². The molecule has 3 nitrogen and oxygen atoms in total. The maximum Gasteiger partial charge on any atom is 0.187 e. The Labute approximate surface area is 98.4 Å². The summed E-state index contributed by atoms with van der Waals surface area (Å²) in [6.07, 6.45) is 0. The molecular weight excluding hydrogens is 218 g/mol. The van der Waals surface area contributed by atoms with Crippen LogP contribution in [0.15, 0.2) is 23.6 Å². The second-order valence-electron chi connectivity index (χ2n) is 3.53. The Morgan fingerprint density at radius 2 is 2.19 bits per heavy atom. The van der Waals surface area contributed by atoms with Crippen LogP contribution in [0, 0.1) is 25.2 Å². The third-order valence-corrected chi connectivity index (χ3v) is 3.12. The van der Waals surface area contributed by atoms with Crippen LogP contribution in [0.3, 0.4) is 0 Å². The molecule has 1 aromatic heterocycles. The van der Waals surface area contributed by atoms with E-state index < -0.39 is 0 Å². The summed E-state index contributed by atoms with van der Waals surface area (Å²) >= 11 is 1.54. The smallest absolute Gasteiger partial charge is 0.187 e. The van der Waals surface area contributed by atoms with Crippen molar-refractivity contribution in [2.75, 3.05) is 5.32 Å². The Kier molecular flexibility index (Phi) is 2.88. The zero-order chi connectivity index (χ0) is 11.5. The standard InChI is InChI=1S/C12H11N3S/c1-8-4-3-5-10(6-13)11(8)15-12-14-9(2)7-16-12/h3-5,7H,1-2H3,(H,14,15). The molecule has 0 aliphatic heterocycles. The van der Waals surface area contributed by atoms with Gasteiger partial charge in [-0.3, -0.25) is 0 Å². The Morgan fingerprint density at radius 1 is 1.38 bits per heavy atom. The Morgan fingerprint density at radius 3 is 2.81 bits per heavy atom. The molecule has 0 bridgehead atoms. The maximum absolute atomic E-state index is 9.02. The number of aryl methyl sites for hydroxylation is 2. The van der Waals surface area contributed by atoms with E-state index >= 15 is 0 Å². The first-order valence-electron chi connectivity index (χ1n) is 4.89. The van der Waals surface area contributed by atoms with Crippen molar-refractivity contribution in [1.82, 2.24) is 4.98 Å². The fourth-order valence-electron chi connectivity index (χ4n) is 1.45. The summed E-state index contributed by atoms with van der Waals surface area (Å²) in [5, 5.41) is 15.0. The van der Waals surface area contributed by atoms with E-state index in [0.29, 0.717) is 5.56 Å². The molecule has 16 heavy (non-hydrogen) atoms. The SMILES string of the molecule is Cc1csc(Nc2c(C)cccc2C#N)n1. The van der Waals surface area contributed by atoms with Crippen molar-refractivity contribution < 1.29 is 0 Å². The highest BCUT2D eigenvalue weighted by molar-refractivity contribution is 7.13. The number of hydrogen-bond donors (Lipinski definition) is 1. The van der Waals surface area contributed by atoms with Crippen molar-refractivity contribution in [3.8, 4) is 6.07 Å². The second kappa shape index (κ2) is 4.33. The van der Waals surface area contributed by atoms with E-state index in [9.17, 15) is 0 Å². The molecule has 2 aromatic rings. The van der Waals surface area contributed by atoms with Gasteiger partial charge < -0.3 is 5.32 Å².